The maximum absolute atomic E-state index is 13.2. The number of anilines is 1. The minimum atomic E-state index is -0.705. The molecule has 0 aromatic heterocycles. The van der Waals surface area contributed by atoms with E-state index in [-0.39, 0.29) is 17.9 Å². The molecule has 0 bridgehead atoms. The highest BCUT2D eigenvalue weighted by molar-refractivity contribution is 6.07. The third-order valence-electron chi connectivity index (χ3n) is 6.87. The minimum absolute atomic E-state index is 0.0315. The van der Waals surface area contributed by atoms with Gasteiger partial charge in [0.05, 0.1) is 18.2 Å². The van der Waals surface area contributed by atoms with Crippen molar-refractivity contribution in [2.45, 2.75) is 64.1 Å². The molecule has 1 saturated carbocycles. The number of hydrogen-bond acceptors (Lipinski definition) is 4. The maximum atomic E-state index is 13.2. The monoisotopic (exact) mass is 472 g/mol. The lowest BCUT2D eigenvalue weighted by molar-refractivity contribution is -0.131. The number of carbonyl (C=O) groups is 2. The van der Waals surface area contributed by atoms with Crippen LogP contribution >= 0.6 is 0 Å². The second-order valence-electron chi connectivity index (χ2n) is 9.72. The van der Waals surface area contributed by atoms with Gasteiger partial charge in [0.15, 0.2) is 5.96 Å². The summed E-state index contributed by atoms with van der Waals surface area (Å²) in [4.78, 5) is 26.9. The van der Waals surface area contributed by atoms with Gasteiger partial charge in [0.1, 0.15) is 5.54 Å². The Morgan fingerprint density at radius 1 is 1.17 bits per heavy atom. The molecule has 1 aliphatic carbocycles. The number of nitrogens with one attached hydrogen (secondary N) is 4. The van der Waals surface area contributed by atoms with E-state index < -0.39 is 5.54 Å². The predicted octanol–water partition coefficient (Wildman–Crippen LogP) is 4.48. The molecule has 8 heteroatoms. The van der Waals surface area contributed by atoms with Gasteiger partial charge < -0.3 is 16.0 Å². The molecule has 4 rings (SSSR count). The topological polar surface area (TPSA) is 121 Å². The second-order valence-corrected chi connectivity index (χ2v) is 9.72. The summed E-state index contributed by atoms with van der Waals surface area (Å²) in [5.41, 5.74) is 2.17. The van der Waals surface area contributed by atoms with Gasteiger partial charge >= 0.3 is 6.03 Å². The Morgan fingerprint density at radius 2 is 1.89 bits per heavy atom. The highest BCUT2D eigenvalue weighted by Crippen LogP contribution is 2.33. The van der Waals surface area contributed by atoms with Gasteiger partial charge in [0.2, 0.25) is 0 Å². The first-order valence-electron chi connectivity index (χ1n) is 12.2. The van der Waals surface area contributed by atoms with E-state index in [0.717, 1.165) is 30.4 Å². The SMILES string of the molecule is CC1(CC2CCCCC2)NC(=N)N(Cc2ccc(CNC(=O)Nc3cccc(C#N)c3)cc2)C1=O. The summed E-state index contributed by atoms with van der Waals surface area (Å²) in [6.45, 7) is 2.60. The molecule has 2 aliphatic rings. The first kappa shape index (κ1) is 24.3. The second kappa shape index (κ2) is 10.6. The van der Waals surface area contributed by atoms with E-state index in [2.05, 4.69) is 16.0 Å². The molecule has 4 N–H and O–H groups in total. The standard InChI is InChI=1S/C27H32N6O2/c1-27(15-19-6-3-2-4-7-19)24(34)33(25(29)32-27)18-21-12-10-20(11-13-21)17-30-26(35)31-23-9-5-8-22(14-23)16-28/h5,8-14,19H,2-4,6-7,15,17-18H2,1H3,(H2,29,32)(H2,30,31,35). The van der Waals surface area contributed by atoms with Crippen molar-refractivity contribution >= 4 is 23.6 Å². The third-order valence-corrected chi connectivity index (χ3v) is 6.87. The molecule has 1 heterocycles. The molecule has 35 heavy (non-hydrogen) atoms. The summed E-state index contributed by atoms with van der Waals surface area (Å²) in [5, 5.41) is 26.0. The fraction of sp³-hybridized carbons (Fsp3) is 0.407. The molecule has 182 valence electrons. The number of urea groups is 1. The largest absolute Gasteiger partial charge is 0.342 e. The molecular weight excluding hydrogens is 440 g/mol. The van der Waals surface area contributed by atoms with Gasteiger partial charge in [-0.1, -0.05) is 62.4 Å². The number of benzene rings is 2. The van der Waals surface area contributed by atoms with E-state index >= 15 is 0 Å². The van der Waals surface area contributed by atoms with Gasteiger partial charge in [-0.2, -0.15) is 5.26 Å². The highest BCUT2D eigenvalue weighted by atomic mass is 16.2. The predicted molar refractivity (Wildman–Crippen MR) is 134 cm³/mol. The molecule has 2 aromatic carbocycles. The van der Waals surface area contributed by atoms with Gasteiger partial charge in [0.25, 0.3) is 5.91 Å². The normalized spacial score (nSPS) is 20.3. The summed E-state index contributed by atoms with van der Waals surface area (Å²) >= 11 is 0. The van der Waals surface area contributed by atoms with Crippen LogP contribution in [0.3, 0.4) is 0 Å². The van der Waals surface area contributed by atoms with Crippen molar-refractivity contribution in [3.05, 3.63) is 65.2 Å². The van der Waals surface area contributed by atoms with Crippen LogP contribution in [0.5, 0.6) is 0 Å². The highest BCUT2D eigenvalue weighted by Gasteiger charge is 2.46. The molecule has 0 radical (unpaired) electrons. The maximum Gasteiger partial charge on any atom is 0.319 e. The lowest BCUT2D eigenvalue weighted by Crippen LogP contribution is -2.45. The molecule has 2 aromatic rings. The summed E-state index contributed by atoms with van der Waals surface area (Å²) in [6.07, 6.45) is 6.84. The fourth-order valence-electron chi connectivity index (χ4n) is 5.01. The molecule has 1 aliphatic heterocycles. The van der Waals surface area contributed by atoms with E-state index in [9.17, 15) is 9.59 Å². The minimum Gasteiger partial charge on any atom is -0.342 e. The molecule has 0 spiro atoms. The number of nitrogens with zero attached hydrogens (tertiary/aromatic N) is 2. The van der Waals surface area contributed by atoms with E-state index in [4.69, 9.17) is 10.7 Å². The molecule has 2 fully saturated rings. The Kier molecular flexibility index (Phi) is 7.35. The quantitative estimate of drug-likeness (QED) is 0.475. The number of guanidine groups is 1. The number of nitriles is 1. The van der Waals surface area contributed by atoms with Crippen molar-refractivity contribution in [1.82, 2.24) is 15.5 Å². The summed E-state index contributed by atoms with van der Waals surface area (Å²) in [6, 6.07) is 16.1. The number of amides is 3. The zero-order chi connectivity index (χ0) is 24.8. The molecule has 1 saturated heterocycles. The van der Waals surface area contributed by atoms with Crippen LogP contribution in [0, 0.1) is 22.7 Å². The molecule has 8 nitrogen and oxygen atoms in total. The van der Waals surface area contributed by atoms with Crippen LogP contribution in [-0.2, 0) is 17.9 Å². The van der Waals surface area contributed by atoms with E-state index in [1.807, 2.05) is 37.3 Å². The van der Waals surface area contributed by atoms with Crippen LogP contribution < -0.4 is 16.0 Å². The summed E-state index contributed by atoms with van der Waals surface area (Å²) < 4.78 is 0. The van der Waals surface area contributed by atoms with Crippen LogP contribution in [0.25, 0.3) is 0 Å². The lowest BCUT2D eigenvalue weighted by Gasteiger charge is -2.30. The molecule has 1 unspecified atom stereocenters. The number of carbonyl (C=O) groups excluding carboxylic acids is 2. The average Bonchev–Trinajstić information content (AvgIpc) is 3.07. The zero-order valence-corrected chi connectivity index (χ0v) is 20.1. The Labute approximate surface area is 206 Å². The zero-order valence-electron chi connectivity index (χ0n) is 20.1. The van der Waals surface area contributed by atoms with Gasteiger partial charge in [-0.05, 0) is 48.6 Å². The Hall–Kier alpha value is -3.86. The van der Waals surface area contributed by atoms with E-state index in [1.165, 1.54) is 24.2 Å². The van der Waals surface area contributed by atoms with Crippen molar-refractivity contribution < 1.29 is 9.59 Å². The van der Waals surface area contributed by atoms with Gasteiger partial charge in [0, 0.05) is 12.2 Å². The van der Waals surface area contributed by atoms with Gasteiger partial charge in [-0.25, -0.2) is 4.79 Å². The van der Waals surface area contributed by atoms with E-state index in [1.54, 1.807) is 24.3 Å². The molecule has 1 atom stereocenters. The third kappa shape index (κ3) is 5.99. The molecular formula is C27H32N6O2. The van der Waals surface area contributed by atoms with E-state index in [0.29, 0.717) is 30.3 Å². The van der Waals surface area contributed by atoms with Gasteiger partial charge in [-0.15, -0.1) is 0 Å². The first-order valence-corrected chi connectivity index (χ1v) is 12.2. The van der Waals surface area contributed by atoms with Crippen molar-refractivity contribution in [1.29, 1.82) is 10.7 Å². The lowest BCUT2D eigenvalue weighted by atomic mass is 9.80. The molecule has 3 amide bonds. The van der Waals surface area contributed by atoms with Crippen LogP contribution in [0.1, 0.15) is 62.1 Å². The van der Waals surface area contributed by atoms with Crippen LogP contribution in [0.15, 0.2) is 48.5 Å². The summed E-state index contributed by atoms with van der Waals surface area (Å²) in [5.74, 6) is 0.671. The Bertz CT molecular complexity index is 1130. The van der Waals surface area contributed by atoms with Crippen molar-refractivity contribution in [3.63, 3.8) is 0 Å². The van der Waals surface area contributed by atoms with Crippen molar-refractivity contribution in [2.75, 3.05) is 5.32 Å². The number of hydrogen-bond donors (Lipinski definition) is 4. The smallest absolute Gasteiger partial charge is 0.319 e. The van der Waals surface area contributed by atoms with Gasteiger partial charge in [-0.3, -0.25) is 15.1 Å². The summed E-state index contributed by atoms with van der Waals surface area (Å²) in [7, 11) is 0. The van der Waals surface area contributed by atoms with Crippen LogP contribution in [0.4, 0.5) is 10.5 Å². The van der Waals surface area contributed by atoms with Crippen LogP contribution in [-0.4, -0.2) is 28.3 Å². The fourth-order valence-corrected chi connectivity index (χ4v) is 5.01. The first-order chi connectivity index (χ1) is 16.9. The Morgan fingerprint density at radius 3 is 2.60 bits per heavy atom. The van der Waals surface area contributed by atoms with Crippen LogP contribution in [0.2, 0.25) is 0 Å². The van der Waals surface area contributed by atoms with Crippen molar-refractivity contribution in [3.8, 4) is 6.07 Å². The Balaban J connectivity index is 1.29. The average molecular weight is 473 g/mol. The van der Waals surface area contributed by atoms with Crippen molar-refractivity contribution in [2.24, 2.45) is 5.92 Å². The number of rotatable bonds is 7.